The molecule has 2 aliphatic carbocycles. The zero-order valence-corrected chi connectivity index (χ0v) is 12.4. The molecular formula is C14H23N3OS. The lowest BCUT2D eigenvalue weighted by atomic mass is 10.5. The van der Waals surface area contributed by atoms with Gasteiger partial charge in [-0.3, -0.25) is 0 Å². The van der Waals surface area contributed by atoms with Crippen molar-refractivity contribution in [3.63, 3.8) is 0 Å². The lowest BCUT2D eigenvalue weighted by Gasteiger charge is -2.15. The van der Waals surface area contributed by atoms with Crippen LogP contribution in [0.5, 0.6) is 0 Å². The van der Waals surface area contributed by atoms with Gasteiger partial charge in [0.2, 0.25) is 0 Å². The minimum Gasteiger partial charge on any atom is -0.379 e. The maximum atomic E-state index is 5.67. The molecule has 0 radical (unpaired) electrons. The molecule has 19 heavy (non-hydrogen) atoms. The number of rotatable bonds is 9. The van der Waals surface area contributed by atoms with E-state index in [2.05, 4.69) is 22.2 Å². The SMILES string of the molecule is CN(CCOCC1CC1)c1ncc(CNC2CC2)s1. The zero-order chi connectivity index (χ0) is 13.1. The van der Waals surface area contributed by atoms with Crippen LogP contribution in [-0.2, 0) is 11.3 Å². The number of aromatic nitrogens is 1. The lowest BCUT2D eigenvalue weighted by Crippen LogP contribution is -2.22. The van der Waals surface area contributed by atoms with Crippen molar-refractivity contribution in [3.8, 4) is 0 Å². The van der Waals surface area contributed by atoms with E-state index in [0.29, 0.717) is 0 Å². The summed E-state index contributed by atoms with van der Waals surface area (Å²) in [5.74, 6) is 0.852. The fraction of sp³-hybridized carbons (Fsp3) is 0.786. The molecule has 2 saturated carbocycles. The van der Waals surface area contributed by atoms with Gasteiger partial charge in [-0.1, -0.05) is 0 Å². The van der Waals surface area contributed by atoms with Crippen LogP contribution in [0.15, 0.2) is 6.20 Å². The van der Waals surface area contributed by atoms with E-state index in [1.54, 1.807) is 11.3 Å². The summed E-state index contributed by atoms with van der Waals surface area (Å²) < 4.78 is 5.67. The number of thiazole rings is 1. The quantitative estimate of drug-likeness (QED) is 0.705. The smallest absolute Gasteiger partial charge is 0.185 e. The molecule has 2 fully saturated rings. The number of hydrogen-bond acceptors (Lipinski definition) is 5. The van der Waals surface area contributed by atoms with Gasteiger partial charge in [0, 0.05) is 43.9 Å². The summed E-state index contributed by atoms with van der Waals surface area (Å²) in [4.78, 5) is 8.01. The van der Waals surface area contributed by atoms with Gasteiger partial charge in [-0.05, 0) is 31.6 Å². The van der Waals surface area contributed by atoms with E-state index in [4.69, 9.17) is 4.74 Å². The Morgan fingerprint density at radius 1 is 1.42 bits per heavy atom. The highest BCUT2D eigenvalue weighted by Gasteiger charge is 2.21. The Morgan fingerprint density at radius 3 is 3.00 bits per heavy atom. The van der Waals surface area contributed by atoms with Crippen molar-refractivity contribution in [1.82, 2.24) is 10.3 Å². The fourth-order valence-corrected chi connectivity index (χ4v) is 2.77. The van der Waals surface area contributed by atoms with Gasteiger partial charge in [0.15, 0.2) is 5.13 Å². The molecule has 0 spiro atoms. The first kappa shape index (κ1) is 13.3. The molecule has 1 aromatic heterocycles. The van der Waals surface area contributed by atoms with E-state index in [1.165, 1.54) is 30.6 Å². The van der Waals surface area contributed by atoms with Gasteiger partial charge in [-0.15, -0.1) is 11.3 Å². The highest BCUT2D eigenvalue weighted by atomic mass is 32.1. The van der Waals surface area contributed by atoms with Crippen LogP contribution in [0, 0.1) is 5.92 Å². The largest absolute Gasteiger partial charge is 0.379 e. The first-order valence-electron chi connectivity index (χ1n) is 7.28. The van der Waals surface area contributed by atoms with E-state index >= 15 is 0 Å². The third kappa shape index (κ3) is 4.44. The number of nitrogens with zero attached hydrogens (tertiary/aromatic N) is 2. The second kappa shape index (κ2) is 6.20. The van der Waals surface area contributed by atoms with Gasteiger partial charge >= 0.3 is 0 Å². The number of nitrogens with one attached hydrogen (secondary N) is 1. The summed E-state index contributed by atoms with van der Waals surface area (Å²) in [5, 5.41) is 4.62. The Morgan fingerprint density at radius 2 is 2.26 bits per heavy atom. The van der Waals surface area contributed by atoms with Crippen LogP contribution in [0.25, 0.3) is 0 Å². The highest BCUT2D eigenvalue weighted by Crippen LogP contribution is 2.28. The van der Waals surface area contributed by atoms with Gasteiger partial charge < -0.3 is 15.0 Å². The predicted molar refractivity (Wildman–Crippen MR) is 78.8 cm³/mol. The normalized spacial score (nSPS) is 18.8. The molecule has 0 unspecified atom stereocenters. The molecule has 4 nitrogen and oxygen atoms in total. The number of hydrogen-bond donors (Lipinski definition) is 1. The maximum Gasteiger partial charge on any atom is 0.185 e. The standard InChI is InChI=1S/C14H23N3OS/c1-17(6-7-18-10-11-2-3-11)14-16-9-13(19-14)8-15-12-4-5-12/h9,11-12,15H,2-8,10H2,1H3. The molecule has 0 saturated heterocycles. The van der Waals surface area contributed by atoms with Crippen molar-refractivity contribution in [1.29, 1.82) is 0 Å². The Hall–Kier alpha value is -0.650. The van der Waals surface area contributed by atoms with Crippen molar-refractivity contribution in [3.05, 3.63) is 11.1 Å². The number of likely N-dealkylation sites (N-methyl/N-ethyl adjacent to an activating group) is 1. The average molecular weight is 281 g/mol. The molecule has 3 rings (SSSR count). The van der Waals surface area contributed by atoms with Gasteiger partial charge in [0.1, 0.15) is 0 Å². The number of ether oxygens (including phenoxy) is 1. The van der Waals surface area contributed by atoms with Crippen molar-refractivity contribution in [2.75, 3.05) is 31.7 Å². The molecule has 0 atom stereocenters. The topological polar surface area (TPSA) is 37.4 Å². The summed E-state index contributed by atoms with van der Waals surface area (Å²) in [6.45, 7) is 3.65. The van der Waals surface area contributed by atoms with E-state index in [9.17, 15) is 0 Å². The van der Waals surface area contributed by atoms with Gasteiger partial charge in [0.25, 0.3) is 0 Å². The summed E-state index contributed by atoms with van der Waals surface area (Å²) in [6, 6.07) is 0.763. The molecule has 0 bridgehead atoms. The summed E-state index contributed by atoms with van der Waals surface area (Å²) >= 11 is 1.78. The van der Waals surface area contributed by atoms with E-state index in [-0.39, 0.29) is 0 Å². The summed E-state index contributed by atoms with van der Waals surface area (Å²) in [5.41, 5.74) is 0. The Bertz CT molecular complexity index is 401. The molecule has 106 valence electrons. The Kier molecular flexibility index (Phi) is 4.35. The van der Waals surface area contributed by atoms with Crippen molar-refractivity contribution < 1.29 is 4.74 Å². The van der Waals surface area contributed by atoms with Crippen LogP contribution in [-0.4, -0.2) is 37.8 Å². The molecule has 1 aromatic rings. The van der Waals surface area contributed by atoms with Gasteiger partial charge in [-0.25, -0.2) is 4.98 Å². The Balaban J connectivity index is 1.36. The van der Waals surface area contributed by atoms with Gasteiger partial charge in [-0.2, -0.15) is 0 Å². The summed E-state index contributed by atoms with van der Waals surface area (Å²) in [6.07, 6.45) is 7.39. The monoisotopic (exact) mass is 281 g/mol. The molecule has 1 N–H and O–H groups in total. The maximum absolute atomic E-state index is 5.67. The highest BCUT2D eigenvalue weighted by molar-refractivity contribution is 7.15. The molecule has 1 heterocycles. The van der Waals surface area contributed by atoms with E-state index < -0.39 is 0 Å². The second-order valence-corrected chi connectivity index (χ2v) is 6.80. The minimum absolute atomic E-state index is 0.763. The second-order valence-electron chi connectivity index (χ2n) is 5.70. The average Bonchev–Trinajstić information content (AvgIpc) is 3.33. The molecule has 2 aliphatic rings. The third-order valence-corrected chi connectivity index (χ3v) is 4.74. The predicted octanol–water partition coefficient (Wildman–Crippen LogP) is 2.26. The zero-order valence-electron chi connectivity index (χ0n) is 11.6. The first-order valence-corrected chi connectivity index (χ1v) is 8.10. The van der Waals surface area contributed by atoms with Crippen LogP contribution in [0.3, 0.4) is 0 Å². The van der Waals surface area contributed by atoms with Crippen LogP contribution in [0.4, 0.5) is 5.13 Å². The first-order chi connectivity index (χ1) is 9.31. The molecule has 0 amide bonds. The fourth-order valence-electron chi connectivity index (χ4n) is 1.92. The van der Waals surface area contributed by atoms with E-state index in [1.807, 2.05) is 6.20 Å². The van der Waals surface area contributed by atoms with Crippen LogP contribution in [0.2, 0.25) is 0 Å². The molecule has 5 heteroatoms. The van der Waals surface area contributed by atoms with E-state index in [0.717, 1.165) is 43.4 Å². The lowest BCUT2D eigenvalue weighted by molar-refractivity contribution is 0.131. The van der Waals surface area contributed by atoms with Crippen LogP contribution in [0.1, 0.15) is 30.6 Å². The molecule has 0 aliphatic heterocycles. The van der Waals surface area contributed by atoms with Crippen molar-refractivity contribution in [2.24, 2.45) is 5.92 Å². The van der Waals surface area contributed by atoms with Crippen LogP contribution >= 0.6 is 11.3 Å². The summed E-state index contributed by atoms with van der Waals surface area (Å²) in [7, 11) is 2.09. The minimum atomic E-state index is 0.763. The molecule has 0 aromatic carbocycles. The third-order valence-electron chi connectivity index (χ3n) is 3.63. The number of anilines is 1. The van der Waals surface area contributed by atoms with Crippen molar-refractivity contribution in [2.45, 2.75) is 38.3 Å². The van der Waals surface area contributed by atoms with Crippen LogP contribution < -0.4 is 10.2 Å². The van der Waals surface area contributed by atoms with Crippen molar-refractivity contribution >= 4 is 16.5 Å². The Labute approximate surface area is 119 Å². The molecular weight excluding hydrogens is 258 g/mol. The van der Waals surface area contributed by atoms with Gasteiger partial charge in [0.05, 0.1) is 6.61 Å².